The fraction of sp³-hybridized carbons (Fsp3) is 0. The third kappa shape index (κ3) is 1.36. The second-order valence-corrected chi connectivity index (χ2v) is 3.22. The minimum Gasteiger partial charge on any atom is -0.273 e. The summed E-state index contributed by atoms with van der Waals surface area (Å²) in [5.74, 6) is 0.622. The lowest BCUT2D eigenvalue weighted by atomic mass is 10.1. The summed E-state index contributed by atoms with van der Waals surface area (Å²) in [4.78, 5) is 4.39. The van der Waals surface area contributed by atoms with Gasteiger partial charge in [-0.2, -0.15) is 0 Å². The summed E-state index contributed by atoms with van der Waals surface area (Å²) in [5.41, 5.74) is 2.00. The van der Waals surface area contributed by atoms with Crippen LogP contribution in [0, 0.1) is 0 Å². The minimum atomic E-state index is 0.622. The van der Waals surface area contributed by atoms with E-state index in [0.717, 1.165) is 11.3 Å². The van der Waals surface area contributed by atoms with E-state index in [4.69, 9.17) is 0 Å². The van der Waals surface area contributed by atoms with E-state index in [1.54, 1.807) is 10.7 Å². The molecule has 0 bridgehead atoms. The number of rotatable bonds is 1. The van der Waals surface area contributed by atoms with Crippen molar-refractivity contribution in [1.29, 1.82) is 0 Å². The second-order valence-electron chi connectivity index (χ2n) is 3.22. The number of aromatic nitrogens is 4. The maximum Gasteiger partial charge on any atom is 0.255 e. The Morgan fingerprint density at radius 3 is 2.73 bits per heavy atom. The monoisotopic (exact) mass is 196 g/mol. The highest BCUT2D eigenvalue weighted by atomic mass is 15.3. The molecule has 0 saturated heterocycles. The molecule has 3 rings (SSSR count). The first-order valence-corrected chi connectivity index (χ1v) is 4.65. The van der Waals surface area contributed by atoms with Gasteiger partial charge in [0, 0.05) is 11.8 Å². The smallest absolute Gasteiger partial charge is 0.255 e. The Hall–Kier alpha value is -2.23. The lowest BCUT2D eigenvalue weighted by Crippen LogP contribution is -1.89. The van der Waals surface area contributed by atoms with Gasteiger partial charge in [0.15, 0.2) is 0 Å². The topological polar surface area (TPSA) is 43.1 Å². The zero-order valence-corrected chi connectivity index (χ0v) is 7.91. The van der Waals surface area contributed by atoms with E-state index in [1.165, 1.54) is 0 Å². The van der Waals surface area contributed by atoms with Crippen LogP contribution in [0.15, 0.2) is 48.9 Å². The first kappa shape index (κ1) is 8.11. The zero-order chi connectivity index (χ0) is 10.1. The van der Waals surface area contributed by atoms with E-state index in [2.05, 4.69) is 15.2 Å². The molecule has 0 spiro atoms. The van der Waals surface area contributed by atoms with Crippen molar-refractivity contribution < 1.29 is 0 Å². The van der Waals surface area contributed by atoms with Gasteiger partial charge in [0.05, 0.1) is 5.69 Å². The van der Waals surface area contributed by atoms with E-state index in [0.29, 0.717) is 5.78 Å². The Bertz CT molecular complexity index is 586. The summed E-state index contributed by atoms with van der Waals surface area (Å²) in [5, 5.41) is 7.69. The standard InChI is InChI=1S/C11H8N4/c1-2-4-9(5-3-1)10-6-7-15-8-12-14-11(15)13-10/h1-8H. The molecule has 0 N–H and O–H groups in total. The van der Waals surface area contributed by atoms with E-state index in [9.17, 15) is 0 Å². The van der Waals surface area contributed by atoms with E-state index >= 15 is 0 Å². The lowest BCUT2D eigenvalue weighted by Gasteiger charge is -1.99. The Balaban J connectivity index is 2.19. The van der Waals surface area contributed by atoms with Crippen LogP contribution in [0.25, 0.3) is 17.0 Å². The molecule has 3 aromatic rings. The molecule has 2 aromatic heterocycles. The molecule has 1 aromatic carbocycles. The Kier molecular flexibility index (Phi) is 1.71. The number of hydrogen-bond donors (Lipinski definition) is 0. The molecule has 0 aliphatic carbocycles. The van der Waals surface area contributed by atoms with Crippen LogP contribution < -0.4 is 0 Å². The molecule has 0 fully saturated rings. The van der Waals surface area contributed by atoms with Gasteiger partial charge in [-0.3, -0.25) is 4.40 Å². The molecule has 0 atom stereocenters. The molecule has 4 nitrogen and oxygen atoms in total. The van der Waals surface area contributed by atoms with Crippen molar-refractivity contribution in [1.82, 2.24) is 19.6 Å². The van der Waals surface area contributed by atoms with Gasteiger partial charge < -0.3 is 0 Å². The molecule has 0 aliphatic heterocycles. The second kappa shape index (κ2) is 3.16. The van der Waals surface area contributed by atoms with Crippen LogP contribution in [0.5, 0.6) is 0 Å². The largest absolute Gasteiger partial charge is 0.273 e. The van der Waals surface area contributed by atoms with Crippen LogP contribution in [-0.4, -0.2) is 19.6 Å². The van der Waals surface area contributed by atoms with Crippen molar-refractivity contribution in [2.75, 3.05) is 0 Å². The summed E-state index contributed by atoms with van der Waals surface area (Å²) in [6, 6.07) is 12.0. The van der Waals surface area contributed by atoms with Gasteiger partial charge in [0.1, 0.15) is 6.33 Å². The highest BCUT2D eigenvalue weighted by Crippen LogP contribution is 2.15. The van der Waals surface area contributed by atoms with Gasteiger partial charge in [0.2, 0.25) is 0 Å². The predicted octanol–water partition coefficient (Wildman–Crippen LogP) is 1.79. The van der Waals surface area contributed by atoms with Gasteiger partial charge in [-0.25, -0.2) is 4.98 Å². The molecule has 0 unspecified atom stereocenters. The van der Waals surface area contributed by atoms with Crippen molar-refractivity contribution in [3.05, 3.63) is 48.9 Å². The fourth-order valence-electron chi connectivity index (χ4n) is 1.49. The Morgan fingerprint density at radius 1 is 1.00 bits per heavy atom. The average Bonchev–Trinajstić information content (AvgIpc) is 2.77. The SMILES string of the molecule is c1ccc(-c2ccn3cnnc3n2)cc1. The summed E-state index contributed by atoms with van der Waals surface area (Å²) < 4.78 is 1.78. The first-order valence-electron chi connectivity index (χ1n) is 4.65. The fourth-order valence-corrected chi connectivity index (χ4v) is 1.49. The van der Waals surface area contributed by atoms with E-state index in [-0.39, 0.29) is 0 Å². The lowest BCUT2D eigenvalue weighted by molar-refractivity contribution is 1.10. The third-order valence-electron chi connectivity index (χ3n) is 2.24. The third-order valence-corrected chi connectivity index (χ3v) is 2.24. The average molecular weight is 196 g/mol. The number of benzene rings is 1. The van der Waals surface area contributed by atoms with Gasteiger partial charge in [-0.15, -0.1) is 10.2 Å². The first-order chi connectivity index (χ1) is 7.43. The summed E-state index contributed by atoms with van der Waals surface area (Å²) >= 11 is 0. The summed E-state index contributed by atoms with van der Waals surface area (Å²) in [6.07, 6.45) is 3.54. The van der Waals surface area contributed by atoms with Crippen molar-refractivity contribution in [3.63, 3.8) is 0 Å². The molecule has 0 saturated carbocycles. The maximum absolute atomic E-state index is 4.39. The van der Waals surface area contributed by atoms with Crippen molar-refractivity contribution in [2.45, 2.75) is 0 Å². The van der Waals surface area contributed by atoms with Gasteiger partial charge in [-0.1, -0.05) is 30.3 Å². The predicted molar refractivity (Wildman–Crippen MR) is 56.2 cm³/mol. The summed E-state index contributed by atoms with van der Waals surface area (Å²) in [6.45, 7) is 0. The number of nitrogens with zero attached hydrogens (tertiary/aromatic N) is 4. The Morgan fingerprint density at radius 2 is 1.87 bits per heavy atom. The maximum atomic E-state index is 4.39. The molecule has 4 heteroatoms. The molecular weight excluding hydrogens is 188 g/mol. The molecule has 0 amide bonds. The van der Waals surface area contributed by atoms with Crippen molar-refractivity contribution in [2.24, 2.45) is 0 Å². The molecular formula is C11H8N4. The van der Waals surface area contributed by atoms with Gasteiger partial charge in [0.25, 0.3) is 5.78 Å². The molecule has 72 valence electrons. The number of fused-ring (bicyclic) bond motifs is 1. The van der Waals surface area contributed by atoms with Crippen LogP contribution in [0.4, 0.5) is 0 Å². The highest BCUT2D eigenvalue weighted by Gasteiger charge is 2.01. The number of hydrogen-bond acceptors (Lipinski definition) is 3. The van der Waals surface area contributed by atoms with E-state index < -0.39 is 0 Å². The zero-order valence-electron chi connectivity index (χ0n) is 7.91. The van der Waals surface area contributed by atoms with Gasteiger partial charge in [-0.05, 0) is 6.07 Å². The minimum absolute atomic E-state index is 0.622. The van der Waals surface area contributed by atoms with Crippen LogP contribution in [0.1, 0.15) is 0 Å². The normalized spacial score (nSPS) is 10.7. The van der Waals surface area contributed by atoms with Crippen LogP contribution in [0.3, 0.4) is 0 Å². The molecule has 2 heterocycles. The molecule has 15 heavy (non-hydrogen) atoms. The molecule has 0 radical (unpaired) electrons. The van der Waals surface area contributed by atoms with Crippen molar-refractivity contribution >= 4 is 5.78 Å². The highest BCUT2D eigenvalue weighted by molar-refractivity contribution is 5.60. The van der Waals surface area contributed by atoms with Gasteiger partial charge >= 0.3 is 0 Å². The van der Waals surface area contributed by atoms with Crippen molar-refractivity contribution in [3.8, 4) is 11.3 Å². The van der Waals surface area contributed by atoms with Crippen LogP contribution in [-0.2, 0) is 0 Å². The quantitative estimate of drug-likeness (QED) is 0.596. The summed E-state index contributed by atoms with van der Waals surface area (Å²) in [7, 11) is 0. The van der Waals surface area contributed by atoms with Crippen LogP contribution >= 0.6 is 0 Å². The van der Waals surface area contributed by atoms with Crippen LogP contribution in [0.2, 0.25) is 0 Å². The molecule has 0 aliphatic rings. The van der Waals surface area contributed by atoms with E-state index in [1.807, 2.05) is 42.6 Å². The Labute approximate surface area is 86.2 Å².